The molecule has 0 spiro atoms. The minimum absolute atomic E-state index is 0.163. The van der Waals surface area contributed by atoms with E-state index in [4.69, 9.17) is 9.47 Å². The number of carbonyl (C=O) groups is 1. The second-order valence-electron chi connectivity index (χ2n) is 7.12. The Bertz CT molecular complexity index is 1120. The van der Waals surface area contributed by atoms with E-state index in [0.717, 1.165) is 11.4 Å². The van der Waals surface area contributed by atoms with E-state index in [1.807, 2.05) is 31.2 Å². The first-order valence-electron chi connectivity index (χ1n) is 10.1. The van der Waals surface area contributed by atoms with E-state index in [1.54, 1.807) is 30.2 Å². The van der Waals surface area contributed by atoms with E-state index in [1.165, 1.54) is 6.20 Å². The topological polar surface area (TPSA) is 74.9 Å². The van der Waals surface area contributed by atoms with Crippen molar-refractivity contribution in [1.29, 1.82) is 0 Å². The summed E-state index contributed by atoms with van der Waals surface area (Å²) in [5.41, 5.74) is 1.58. The first-order chi connectivity index (χ1) is 14.6. The zero-order valence-electron chi connectivity index (χ0n) is 17.2. The molecule has 0 atom stereocenters. The van der Waals surface area contributed by atoms with Crippen molar-refractivity contribution in [3.8, 4) is 11.5 Å². The third-order valence-corrected chi connectivity index (χ3v) is 5.39. The van der Waals surface area contributed by atoms with Crippen LogP contribution in [0.2, 0.25) is 0 Å². The summed E-state index contributed by atoms with van der Waals surface area (Å²) >= 11 is 0. The molecule has 4 rings (SSSR count). The van der Waals surface area contributed by atoms with Gasteiger partial charge in [-0.2, -0.15) is 0 Å². The van der Waals surface area contributed by atoms with Gasteiger partial charge in [-0.15, -0.1) is 0 Å². The molecule has 156 valence electrons. The Labute approximate surface area is 174 Å². The summed E-state index contributed by atoms with van der Waals surface area (Å²) in [6, 6.07) is 13.1. The van der Waals surface area contributed by atoms with Crippen LogP contribution in [0.25, 0.3) is 10.9 Å². The van der Waals surface area contributed by atoms with Gasteiger partial charge in [0.1, 0.15) is 17.1 Å². The molecule has 7 nitrogen and oxygen atoms in total. The maximum atomic E-state index is 13.0. The number of piperazine rings is 1. The molecule has 0 radical (unpaired) electrons. The van der Waals surface area contributed by atoms with Crippen LogP contribution in [-0.4, -0.2) is 55.7 Å². The van der Waals surface area contributed by atoms with Crippen molar-refractivity contribution in [3.05, 3.63) is 64.4 Å². The molecule has 1 aromatic heterocycles. The third-order valence-electron chi connectivity index (χ3n) is 5.39. The van der Waals surface area contributed by atoms with Gasteiger partial charge in [-0.3, -0.25) is 9.59 Å². The van der Waals surface area contributed by atoms with Crippen LogP contribution in [0.5, 0.6) is 11.5 Å². The van der Waals surface area contributed by atoms with Crippen molar-refractivity contribution in [1.82, 2.24) is 9.88 Å². The number of hydrogen-bond donors (Lipinski definition) is 1. The van der Waals surface area contributed by atoms with Gasteiger partial charge >= 0.3 is 0 Å². The summed E-state index contributed by atoms with van der Waals surface area (Å²) in [7, 11) is 1.57. The number of ether oxygens (including phenoxy) is 2. The molecule has 0 unspecified atom stereocenters. The Morgan fingerprint density at radius 1 is 1.10 bits per heavy atom. The van der Waals surface area contributed by atoms with Crippen molar-refractivity contribution < 1.29 is 14.3 Å². The minimum Gasteiger partial charge on any atom is -0.497 e. The number of aromatic nitrogens is 1. The molecule has 7 heteroatoms. The van der Waals surface area contributed by atoms with Gasteiger partial charge in [-0.05, 0) is 31.2 Å². The summed E-state index contributed by atoms with van der Waals surface area (Å²) in [4.78, 5) is 32.9. The van der Waals surface area contributed by atoms with Crippen molar-refractivity contribution >= 4 is 22.5 Å². The summed E-state index contributed by atoms with van der Waals surface area (Å²) in [6.07, 6.45) is 1.50. The lowest BCUT2D eigenvalue weighted by molar-refractivity contribution is 0.0745. The largest absolute Gasteiger partial charge is 0.497 e. The van der Waals surface area contributed by atoms with Crippen LogP contribution in [0, 0.1) is 0 Å². The van der Waals surface area contributed by atoms with E-state index < -0.39 is 0 Å². The number of amides is 1. The monoisotopic (exact) mass is 407 g/mol. The van der Waals surface area contributed by atoms with Crippen molar-refractivity contribution in [3.63, 3.8) is 0 Å². The van der Waals surface area contributed by atoms with Gasteiger partial charge in [0, 0.05) is 43.8 Å². The van der Waals surface area contributed by atoms with Crippen LogP contribution in [0.4, 0.5) is 5.69 Å². The molecule has 0 bridgehead atoms. The van der Waals surface area contributed by atoms with Gasteiger partial charge in [0.2, 0.25) is 5.43 Å². The number of rotatable bonds is 5. The summed E-state index contributed by atoms with van der Waals surface area (Å²) < 4.78 is 10.9. The Kier molecular flexibility index (Phi) is 5.61. The van der Waals surface area contributed by atoms with Crippen molar-refractivity contribution in [2.75, 3.05) is 44.8 Å². The summed E-state index contributed by atoms with van der Waals surface area (Å²) in [5.74, 6) is 1.26. The number of aromatic amines is 1. The zero-order chi connectivity index (χ0) is 21.1. The lowest BCUT2D eigenvalue weighted by Gasteiger charge is -2.36. The molecule has 0 saturated carbocycles. The van der Waals surface area contributed by atoms with Crippen molar-refractivity contribution in [2.45, 2.75) is 6.92 Å². The second-order valence-corrected chi connectivity index (χ2v) is 7.12. The van der Waals surface area contributed by atoms with Crippen LogP contribution < -0.4 is 19.8 Å². The first-order valence-corrected chi connectivity index (χ1v) is 10.1. The highest BCUT2D eigenvalue weighted by molar-refractivity contribution is 5.97. The van der Waals surface area contributed by atoms with Gasteiger partial charge in [0.25, 0.3) is 5.91 Å². The average molecular weight is 407 g/mol. The van der Waals surface area contributed by atoms with Crippen LogP contribution in [0.1, 0.15) is 17.3 Å². The number of hydrogen-bond acceptors (Lipinski definition) is 5. The Morgan fingerprint density at radius 3 is 2.60 bits per heavy atom. The Morgan fingerprint density at radius 2 is 1.87 bits per heavy atom. The van der Waals surface area contributed by atoms with E-state index in [0.29, 0.717) is 49.4 Å². The fraction of sp³-hybridized carbons (Fsp3) is 0.304. The van der Waals surface area contributed by atoms with Crippen LogP contribution in [0.3, 0.4) is 0 Å². The number of para-hydroxylation sites is 2. The van der Waals surface area contributed by atoms with Gasteiger partial charge in [0.15, 0.2) is 0 Å². The minimum atomic E-state index is -0.263. The molecule has 30 heavy (non-hydrogen) atoms. The number of benzene rings is 2. The molecular formula is C23H25N3O4. The lowest BCUT2D eigenvalue weighted by Crippen LogP contribution is -2.49. The Balaban J connectivity index is 1.51. The predicted molar refractivity (Wildman–Crippen MR) is 117 cm³/mol. The molecular weight excluding hydrogens is 382 g/mol. The normalized spacial score (nSPS) is 14.1. The molecule has 1 fully saturated rings. The van der Waals surface area contributed by atoms with Gasteiger partial charge in [-0.1, -0.05) is 12.1 Å². The van der Waals surface area contributed by atoms with Crippen LogP contribution >= 0.6 is 0 Å². The van der Waals surface area contributed by atoms with E-state index in [-0.39, 0.29) is 16.9 Å². The van der Waals surface area contributed by atoms with Gasteiger partial charge < -0.3 is 24.3 Å². The molecule has 1 aliphatic rings. The summed E-state index contributed by atoms with van der Waals surface area (Å²) in [6.45, 7) is 5.01. The maximum absolute atomic E-state index is 13.0. The highest BCUT2D eigenvalue weighted by atomic mass is 16.5. The second kappa shape index (κ2) is 8.49. The number of anilines is 1. The molecule has 0 aliphatic carbocycles. The first kappa shape index (κ1) is 19.8. The quantitative estimate of drug-likeness (QED) is 0.704. The van der Waals surface area contributed by atoms with Crippen molar-refractivity contribution in [2.24, 2.45) is 0 Å². The van der Waals surface area contributed by atoms with Gasteiger partial charge in [0.05, 0.1) is 24.9 Å². The molecule has 2 aromatic carbocycles. The summed E-state index contributed by atoms with van der Waals surface area (Å²) in [5, 5.41) is 0.478. The van der Waals surface area contributed by atoms with E-state index >= 15 is 0 Å². The third kappa shape index (κ3) is 3.70. The lowest BCUT2D eigenvalue weighted by atomic mass is 10.1. The zero-order valence-corrected chi connectivity index (χ0v) is 17.2. The number of carbonyl (C=O) groups excluding carboxylic acids is 1. The number of pyridine rings is 1. The number of fused-ring (bicyclic) bond motifs is 1. The number of nitrogens with zero attached hydrogens (tertiary/aromatic N) is 2. The maximum Gasteiger partial charge on any atom is 0.259 e. The van der Waals surface area contributed by atoms with Gasteiger partial charge in [-0.25, -0.2) is 0 Å². The van der Waals surface area contributed by atoms with Crippen LogP contribution in [0.15, 0.2) is 53.5 Å². The number of nitrogens with one attached hydrogen (secondary N) is 1. The fourth-order valence-corrected chi connectivity index (χ4v) is 3.80. The molecule has 1 aliphatic heterocycles. The number of H-pyrrole nitrogens is 1. The van der Waals surface area contributed by atoms with E-state index in [9.17, 15) is 9.59 Å². The highest BCUT2D eigenvalue weighted by Crippen LogP contribution is 2.29. The Hall–Kier alpha value is -3.48. The molecule has 1 N–H and O–H groups in total. The molecule has 1 saturated heterocycles. The standard InChI is InChI=1S/C23H25N3O4/c1-3-30-21-7-5-4-6-20(21)25-10-12-26(13-11-25)23(28)18-15-24-19-14-16(29-2)8-9-17(19)22(18)27/h4-9,14-15H,3,10-13H2,1-2H3,(H,24,27). The average Bonchev–Trinajstić information content (AvgIpc) is 2.79. The van der Waals surface area contributed by atoms with E-state index in [2.05, 4.69) is 9.88 Å². The fourth-order valence-electron chi connectivity index (χ4n) is 3.80. The molecule has 1 amide bonds. The predicted octanol–water partition coefficient (Wildman–Crippen LogP) is 2.90. The molecule has 2 heterocycles. The smallest absolute Gasteiger partial charge is 0.259 e. The SMILES string of the molecule is CCOc1ccccc1N1CCN(C(=O)c2c[nH]c3cc(OC)ccc3c2=O)CC1. The highest BCUT2D eigenvalue weighted by Gasteiger charge is 2.25. The number of methoxy groups -OCH3 is 1. The molecule has 3 aromatic rings. The van der Waals surface area contributed by atoms with Crippen LogP contribution in [-0.2, 0) is 0 Å².